The Morgan fingerprint density at radius 3 is 2.04 bits per heavy atom. The molecule has 3 rings (SSSR count). The number of carbonyl (C=O) groups excluding carboxylic acids is 2. The number of benzene rings is 2. The van der Waals surface area contributed by atoms with E-state index in [4.69, 9.17) is 15.2 Å². The van der Waals surface area contributed by atoms with Crippen molar-refractivity contribution in [1.82, 2.24) is 0 Å². The van der Waals surface area contributed by atoms with Crippen molar-refractivity contribution in [1.29, 1.82) is 0 Å². The molecule has 27 heavy (non-hydrogen) atoms. The van der Waals surface area contributed by atoms with Crippen LogP contribution in [0, 0.1) is 0 Å². The average molecular weight is 367 g/mol. The fraction of sp³-hybridized carbons (Fsp3) is 0.364. The Morgan fingerprint density at radius 1 is 0.889 bits per heavy atom. The number of hydrogen-bond donors (Lipinski definition) is 1. The molecule has 1 aliphatic carbocycles. The molecule has 0 aliphatic heterocycles. The predicted octanol–water partition coefficient (Wildman–Crippen LogP) is 4.17. The second-order valence-corrected chi connectivity index (χ2v) is 6.51. The molecule has 1 aliphatic rings. The minimum absolute atomic E-state index is 0.159. The monoisotopic (exact) mass is 367 g/mol. The first kappa shape index (κ1) is 19.0. The Balaban J connectivity index is 2.36. The van der Waals surface area contributed by atoms with E-state index in [1.165, 1.54) is 0 Å². The van der Waals surface area contributed by atoms with Crippen LogP contribution in [0.15, 0.2) is 30.3 Å². The molecular formula is C22H25NO4. The first-order chi connectivity index (χ1) is 13.1. The molecular weight excluding hydrogens is 342 g/mol. The number of carbonyl (C=O) groups is 2. The third-order valence-electron chi connectivity index (χ3n) is 4.88. The number of nitrogens with two attached hydrogens (primary N) is 1. The zero-order valence-corrected chi connectivity index (χ0v) is 15.8. The molecule has 0 saturated heterocycles. The van der Waals surface area contributed by atoms with Gasteiger partial charge < -0.3 is 15.2 Å². The van der Waals surface area contributed by atoms with E-state index in [2.05, 4.69) is 0 Å². The number of ether oxygens (including phenoxy) is 2. The second-order valence-electron chi connectivity index (χ2n) is 6.51. The van der Waals surface area contributed by atoms with Crippen LogP contribution < -0.4 is 5.73 Å². The van der Waals surface area contributed by atoms with Gasteiger partial charge in [-0.25, -0.2) is 9.59 Å². The third kappa shape index (κ3) is 3.54. The normalized spacial score (nSPS) is 13.0. The number of esters is 2. The van der Waals surface area contributed by atoms with Gasteiger partial charge in [0.05, 0.1) is 30.0 Å². The number of nitrogen functional groups attached to an aromatic ring is 1. The molecule has 0 aromatic heterocycles. The zero-order chi connectivity index (χ0) is 19.4. The lowest BCUT2D eigenvalue weighted by Crippen LogP contribution is -2.21. The lowest BCUT2D eigenvalue weighted by Gasteiger charge is -2.26. The van der Waals surface area contributed by atoms with E-state index in [1.54, 1.807) is 13.8 Å². The molecule has 0 amide bonds. The van der Waals surface area contributed by atoms with Crippen LogP contribution in [-0.4, -0.2) is 25.2 Å². The molecule has 0 saturated carbocycles. The molecule has 5 heteroatoms. The van der Waals surface area contributed by atoms with Crippen LogP contribution in [0.4, 0.5) is 5.69 Å². The molecule has 2 N–H and O–H groups in total. The van der Waals surface area contributed by atoms with E-state index in [0.717, 1.165) is 47.9 Å². The topological polar surface area (TPSA) is 78.6 Å². The fourth-order valence-corrected chi connectivity index (χ4v) is 3.81. The molecule has 0 heterocycles. The maximum absolute atomic E-state index is 12.8. The van der Waals surface area contributed by atoms with Crippen LogP contribution in [0.5, 0.6) is 0 Å². The lowest BCUT2D eigenvalue weighted by atomic mass is 9.79. The summed E-state index contributed by atoms with van der Waals surface area (Å²) in [5.41, 5.74) is 10.8. The molecule has 2 aromatic rings. The first-order valence-electron chi connectivity index (χ1n) is 9.46. The van der Waals surface area contributed by atoms with E-state index in [-0.39, 0.29) is 24.5 Å². The van der Waals surface area contributed by atoms with Crippen molar-refractivity contribution in [3.63, 3.8) is 0 Å². The van der Waals surface area contributed by atoms with Crippen molar-refractivity contribution in [2.75, 3.05) is 18.9 Å². The Hall–Kier alpha value is -2.82. The van der Waals surface area contributed by atoms with E-state index in [1.807, 2.05) is 30.3 Å². The molecule has 0 spiro atoms. The largest absolute Gasteiger partial charge is 0.462 e. The minimum Gasteiger partial charge on any atom is -0.462 e. The number of fused-ring (bicyclic) bond motifs is 1. The van der Waals surface area contributed by atoms with Gasteiger partial charge in [-0.3, -0.25) is 0 Å². The summed E-state index contributed by atoms with van der Waals surface area (Å²) < 4.78 is 10.5. The maximum Gasteiger partial charge on any atom is 0.340 e. The van der Waals surface area contributed by atoms with Crippen LogP contribution >= 0.6 is 0 Å². The molecule has 0 fully saturated rings. The van der Waals surface area contributed by atoms with Crippen LogP contribution in [0.2, 0.25) is 0 Å². The van der Waals surface area contributed by atoms with Gasteiger partial charge in [-0.1, -0.05) is 30.3 Å². The quantitative estimate of drug-likeness (QED) is 0.634. The van der Waals surface area contributed by atoms with Crippen molar-refractivity contribution in [2.45, 2.75) is 39.5 Å². The average Bonchev–Trinajstić information content (AvgIpc) is 2.68. The van der Waals surface area contributed by atoms with Crippen molar-refractivity contribution in [2.24, 2.45) is 0 Å². The maximum atomic E-state index is 12.8. The Kier molecular flexibility index (Phi) is 5.79. The third-order valence-corrected chi connectivity index (χ3v) is 4.88. The van der Waals surface area contributed by atoms with Crippen LogP contribution in [-0.2, 0) is 22.3 Å². The van der Waals surface area contributed by atoms with E-state index in [0.29, 0.717) is 5.56 Å². The summed E-state index contributed by atoms with van der Waals surface area (Å²) in [7, 11) is 0. The second kappa shape index (κ2) is 8.25. The van der Waals surface area contributed by atoms with Gasteiger partial charge in [0.25, 0.3) is 0 Å². The van der Waals surface area contributed by atoms with Gasteiger partial charge in [0.2, 0.25) is 0 Å². The highest BCUT2D eigenvalue weighted by atomic mass is 16.5. The van der Waals surface area contributed by atoms with Crippen molar-refractivity contribution in [3.8, 4) is 11.1 Å². The summed E-state index contributed by atoms with van der Waals surface area (Å²) in [5, 5.41) is 0. The molecule has 2 aromatic carbocycles. The van der Waals surface area contributed by atoms with Gasteiger partial charge >= 0.3 is 11.9 Å². The highest BCUT2D eigenvalue weighted by molar-refractivity contribution is 6.10. The summed E-state index contributed by atoms with van der Waals surface area (Å²) in [6.07, 6.45) is 3.52. The molecule has 0 radical (unpaired) electrons. The minimum atomic E-state index is -0.507. The Bertz CT molecular complexity index is 859. The van der Waals surface area contributed by atoms with Crippen molar-refractivity contribution < 1.29 is 19.1 Å². The lowest BCUT2D eigenvalue weighted by molar-refractivity contribution is 0.0526. The molecule has 0 bridgehead atoms. The molecule has 0 atom stereocenters. The van der Waals surface area contributed by atoms with Gasteiger partial charge in [0, 0.05) is 5.56 Å². The van der Waals surface area contributed by atoms with Crippen LogP contribution in [0.25, 0.3) is 11.1 Å². The van der Waals surface area contributed by atoms with Gasteiger partial charge in [-0.2, -0.15) is 0 Å². The predicted molar refractivity (Wildman–Crippen MR) is 105 cm³/mol. The highest BCUT2D eigenvalue weighted by Crippen LogP contribution is 2.41. The van der Waals surface area contributed by atoms with Gasteiger partial charge in [0.15, 0.2) is 0 Å². The van der Waals surface area contributed by atoms with E-state index < -0.39 is 11.9 Å². The standard InChI is InChI=1S/C22H25NO4/c1-3-26-21(24)18-16-13-9-8-12-15(16)17(14-10-6-5-7-11-14)19(20(18)23)22(25)27-4-2/h5-7,10-11H,3-4,8-9,12-13,23H2,1-2H3. The van der Waals surface area contributed by atoms with Crippen LogP contribution in [0.1, 0.15) is 58.5 Å². The van der Waals surface area contributed by atoms with E-state index >= 15 is 0 Å². The Morgan fingerprint density at radius 2 is 1.44 bits per heavy atom. The van der Waals surface area contributed by atoms with Crippen molar-refractivity contribution >= 4 is 17.6 Å². The van der Waals surface area contributed by atoms with Crippen LogP contribution in [0.3, 0.4) is 0 Å². The Labute approximate surface area is 159 Å². The van der Waals surface area contributed by atoms with Gasteiger partial charge in [-0.05, 0) is 56.2 Å². The zero-order valence-electron chi connectivity index (χ0n) is 15.8. The smallest absolute Gasteiger partial charge is 0.340 e. The summed E-state index contributed by atoms with van der Waals surface area (Å²) >= 11 is 0. The summed E-state index contributed by atoms with van der Waals surface area (Å²) in [6.45, 7) is 3.99. The number of hydrogen-bond acceptors (Lipinski definition) is 5. The molecule has 142 valence electrons. The van der Waals surface area contributed by atoms with Gasteiger partial charge in [0.1, 0.15) is 0 Å². The van der Waals surface area contributed by atoms with Crippen molar-refractivity contribution in [3.05, 3.63) is 52.6 Å². The first-order valence-corrected chi connectivity index (χ1v) is 9.46. The summed E-state index contributed by atoms with van der Waals surface area (Å²) in [5.74, 6) is -0.980. The summed E-state index contributed by atoms with van der Waals surface area (Å²) in [4.78, 5) is 25.5. The SMILES string of the molecule is CCOC(=O)c1c(N)c(C(=O)OCC)c(-c2ccccc2)c2c1CCCC2. The summed E-state index contributed by atoms with van der Waals surface area (Å²) in [6, 6.07) is 9.69. The van der Waals surface area contributed by atoms with Gasteiger partial charge in [-0.15, -0.1) is 0 Å². The number of anilines is 1. The molecule has 0 unspecified atom stereocenters. The van der Waals surface area contributed by atoms with E-state index in [9.17, 15) is 9.59 Å². The number of rotatable bonds is 5. The fourth-order valence-electron chi connectivity index (χ4n) is 3.81. The molecule has 5 nitrogen and oxygen atoms in total. The highest BCUT2D eigenvalue weighted by Gasteiger charge is 2.31.